The topological polar surface area (TPSA) is 9.23 Å². The molecular formula is C12H4Br6O. The minimum absolute atomic E-state index is 0.727. The maximum absolute atomic E-state index is 5.92. The molecule has 0 saturated heterocycles. The highest BCUT2D eigenvalue weighted by molar-refractivity contribution is 9.14. The summed E-state index contributed by atoms with van der Waals surface area (Å²) < 4.78 is 11.4. The van der Waals surface area contributed by atoms with E-state index in [1.165, 1.54) is 0 Å². The van der Waals surface area contributed by atoms with Gasteiger partial charge in [0.1, 0.15) is 11.5 Å². The zero-order chi connectivity index (χ0) is 14.2. The van der Waals surface area contributed by atoms with Gasteiger partial charge in [-0.2, -0.15) is 0 Å². The normalized spacial score (nSPS) is 10.6. The lowest BCUT2D eigenvalue weighted by atomic mass is 10.3. The van der Waals surface area contributed by atoms with Crippen LogP contribution in [0.1, 0.15) is 0 Å². The monoisotopic (exact) mass is 638 g/mol. The Bertz CT molecular complexity index is 641. The van der Waals surface area contributed by atoms with Crippen molar-refractivity contribution < 1.29 is 4.74 Å². The Hall–Kier alpha value is 1.12. The molecule has 0 fully saturated rings. The lowest BCUT2D eigenvalue weighted by Gasteiger charge is -2.12. The van der Waals surface area contributed by atoms with Crippen molar-refractivity contribution in [3.63, 3.8) is 0 Å². The average Bonchev–Trinajstić information content (AvgIpc) is 2.36. The van der Waals surface area contributed by atoms with E-state index in [1.54, 1.807) is 0 Å². The molecule has 1 nitrogen and oxygen atoms in total. The molecule has 0 aliphatic heterocycles. The summed E-state index contributed by atoms with van der Waals surface area (Å²) in [5, 5.41) is 0. The SMILES string of the molecule is Brc1cc(Br)c(Oc2ccc(Br)c(Br)c2Br)cc1Br. The van der Waals surface area contributed by atoms with Crippen LogP contribution < -0.4 is 4.74 Å². The number of hydrogen-bond donors (Lipinski definition) is 0. The Morgan fingerprint density at radius 3 is 1.89 bits per heavy atom. The van der Waals surface area contributed by atoms with Crippen LogP contribution in [0.3, 0.4) is 0 Å². The van der Waals surface area contributed by atoms with Crippen molar-refractivity contribution in [3.05, 3.63) is 51.1 Å². The molecule has 2 aromatic carbocycles. The molecule has 0 bridgehead atoms. The Kier molecular flexibility index (Phi) is 6.01. The zero-order valence-electron chi connectivity index (χ0n) is 8.99. The molecule has 0 N–H and O–H groups in total. The fourth-order valence-electron chi connectivity index (χ4n) is 1.29. The van der Waals surface area contributed by atoms with Crippen LogP contribution in [0.4, 0.5) is 0 Å². The largest absolute Gasteiger partial charge is 0.455 e. The molecule has 2 aromatic rings. The first-order valence-corrected chi connectivity index (χ1v) is 9.62. The van der Waals surface area contributed by atoms with E-state index in [-0.39, 0.29) is 0 Å². The van der Waals surface area contributed by atoms with Gasteiger partial charge in [0.05, 0.1) is 8.95 Å². The zero-order valence-corrected chi connectivity index (χ0v) is 18.5. The number of benzene rings is 2. The Morgan fingerprint density at radius 2 is 1.21 bits per heavy atom. The lowest BCUT2D eigenvalue weighted by molar-refractivity contribution is 0.475. The molecule has 0 atom stereocenters. The molecule has 0 heterocycles. The van der Waals surface area contributed by atoms with Crippen LogP contribution in [-0.2, 0) is 0 Å². The summed E-state index contributed by atoms with van der Waals surface area (Å²) in [6.45, 7) is 0. The van der Waals surface area contributed by atoms with Crippen molar-refractivity contribution in [2.75, 3.05) is 0 Å². The van der Waals surface area contributed by atoms with Crippen molar-refractivity contribution in [1.29, 1.82) is 0 Å². The summed E-state index contributed by atoms with van der Waals surface area (Å²) in [4.78, 5) is 0. The molecule has 0 aromatic heterocycles. The van der Waals surface area contributed by atoms with Crippen molar-refractivity contribution in [1.82, 2.24) is 0 Å². The highest BCUT2D eigenvalue weighted by atomic mass is 79.9. The van der Waals surface area contributed by atoms with Crippen molar-refractivity contribution in [2.24, 2.45) is 0 Å². The van der Waals surface area contributed by atoms with Crippen LogP contribution in [0.15, 0.2) is 51.1 Å². The molecule has 0 unspecified atom stereocenters. The summed E-state index contributed by atoms with van der Waals surface area (Å²) >= 11 is 20.8. The lowest BCUT2D eigenvalue weighted by Crippen LogP contribution is -1.88. The molecule has 19 heavy (non-hydrogen) atoms. The van der Waals surface area contributed by atoms with E-state index in [9.17, 15) is 0 Å². The van der Waals surface area contributed by atoms with E-state index in [0.717, 1.165) is 38.3 Å². The van der Waals surface area contributed by atoms with Crippen LogP contribution in [0, 0.1) is 0 Å². The van der Waals surface area contributed by atoms with Gasteiger partial charge in [-0.3, -0.25) is 0 Å². The van der Waals surface area contributed by atoms with E-state index in [4.69, 9.17) is 4.74 Å². The average molecular weight is 644 g/mol. The van der Waals surface area contributed by atoms with E-state index in [0.29, 0.717) is 0 Å². The number of hydrogen-bond acceptors (Lipinski definition) is 1. The fourth-order valence-corrected chi connectivity index (χ4v) is 4.04. The molecule has 0 aliphatic rings. The first kappa shape index (κ1) is 16.5. The summed E-state index contributed by atoms with van der Waals surface area (Å²) in [6.07, 6.45) is 0. The van der Waals surface area contributed by atoms with E-state index in [2.05, 4.69) is 95.6 Å². The van der Waals surface area contributed by atoms with Gasteiger partial charge in [-0.1, -0.05) is 0 Å². The van der Waals surface area contributed by atoms with Gasteiger partial charge in [0.2, 0.25) is 0 Å². The predicted molar refractivity (Wildman–Crippen MR) is 99.2 cm³/mol. The molecule has 7 heteroatoms. The summed E-state index contributed by atoms with van der Waals surface area (Å²) in [5.74, 6) is 1.45. The highest BCUT2D eigenvalue weighted by Gasteiger charge is 2.12. The third-order valence-electron chi connectivity index (χ3n) is 2.19. The molecule has 0 radical (unpaired) electrons. The van der Waals surface area contributed by atoms with Crippen LogP contribution >= 0.6 is 95.6 Å². The first-order valence-electron chi connectivity index (χ1n) is 4.86. The maximum Gasteiger partial charge on any atom is 0.142 e. The summed E-state index contributed by atoms with van der Waals surface area (Å²) in [7, 11) is 0. The Morgan fingerprint density at radius 1 is 0.579 bits per heavy atom. The highest BCUT2D eigenvalue weighted by Crippen LogP contribution is 2.42. The molecule has 0 saturated carbocycles. The van der Waals surface area contributed by atoms with E-state index in [1.807, 2.05) is 24.3 Å². The Labute approximate surface area is 161 Å². The third-order valence-corrected chi connectivity index (χ3v) is 7.99. The minimum atomic E-state index is 0.727. The van der Waals surface area contributed by atoms with Crippen molar-refractivity contribution in [2.45, 2.75) is 0 Å². The van der Waals surface area contributed by atoms with Gasteiger partial charge in [0.15, 0.2) is 0 Å². The number of ether oxygens (including phenoxy) is 1. The molecule has 0 spiro atoms. The van der Waals surface area contributed by atoms with Crippen molar-refractivity contribution in [3.8, 4) is 11.5 Å². The van der Waals surface area contributed by atoms with Gasteiger partial charge < -0.3 is 4.74 Å². The summed E-state index contributed by atoms with van der Waals surface area (Å²) in [5.41, 5.74) is 0. The van der Waals surface area contributed by atoms with Crippen LogP contribution in [-0.4, -0.2) is 0 Å². The van der Waals surface area contributed by atoms with Gasteiger partial charge >= 0.3 is 0 Å². The second-order valence-corrected chi connectivity index (χ2v) is 8.48. The van der Waals surface area contributed by atoms with Gasteiger partial charge in [-0.25, -0.2) is 0 Å². The smallest absolute Gasteiger partial charge is 0.142 e. The maximum atomic E-state index is 5.92. The number of halogens is 6. The minimum Gasteiger partial charge on any atom is -0.455 e. The molecule has 2 rings (SSSR count). The molecular weight excluding hydrogens is 640 g/mol. The van der Waals surface area contributed by atoms with Crippen LogP contribution in [0.25, 0.3) is 0 Å². The summed E-state index contributed by atoms with van der Waals surface area (Å²) in [6, 6.07) is 7.64. The van der Waals surface area contributed by atoms with Crippen LogP contribution in [0.5, 0.6) is 11.5 Å². The fraction of sp³-hybridized carbons (Fsp3) is 0. The predicted octanol–water partition coefficient (Wildman–Crippen LogP) is 8.05. The second kappa shape index (κ2) is 6.92. The van der Waals surface area contributed by atoms with Crippen molar-refractivity contribution >= 4 is 95.6 Å². The van der Waals surface area contributed by atoms with Gasteiger partial charge in [0, 0.05) is 17.9 Å². The quantitative estimate of drug-likeness (QED) is 0.238. The second-order valence-electron chi connectivity index (χ2n) is 3.47. The molecule has 100 valence electrons. The third kappa shape index (κ3) is 3.86. The molecule has 0 amide bonds. The molecule has 0 aliphatic carbocycles. The van der Waals surface area contributed by atoms with E-state index >= 15 is 0 Å². The Balaban J connectivity index is 2.42. The van der Waals surface area contributed by atoms with Gasteiger partial charge in [-0.15, -0.1) is 0 Å². The number of rotatable bonds is 2. The standard InChI is InChI=1S/C12H4Br6O/c13-5-1-2-9(12(18)11(5)17)19-10-4-7(15)6(14)3-8(10)16/h1-4H. The van der Waals surface area contributed by atoms with Crippen LogP contribution in [0.2, 0.25) is 0 Å². The van der Waals surface area contributed by atoms with E-state index < -0.39 is 0 Å². The van der Waals surface area contributed by atoms with Gasteiger partial charge in [0.25, 0.3) is 0 Å². The van der Waals surface area contributed by atoms with Gasteiger partial charge in [-0.05, 0) is 120 Å². The first-order chi connectivity index (χ1) is 8.90.